The SMILES string of the molecule is CC1OCC(CCOc2nc(S)ns2)O1. The van der Waals surface area contributed by atoms with Crippen molar-refractivity contribution in [3.05, 3.63) is 0 Å². The van der Waals surface area contributed by atoms with E-state index in [2.05, 4.69) is 22.0 Å². The Balaban J connectivity index is 1.67. The summed E-state index contributed by atoms with van der Waals surface area (Å²) in [6.45, 7) is 3.08. The van der Waals surface area contributed by atoms with Crippen LogP contribution in [0.2, 0.25) is 0 Å². The first kappa shape index (κ1) is 11.1. The van der Waals surface area contributed by atoms with E-state index >= 15 is 0 Å². The van der Waals surface area contributed by atoms with Crippen molar-refractivity contribution in [3.63, 3.8) is 0 Å². The summed E-state index contributed by atoms with van der Waals surface area (Å²) < 4.78 is 20.0. The monoisotopic (exact) mass is 248 g/mol. The van der Waals surface area contributed by atoms with Crippen LogP contribution in [-0.4, -0.2) is 35.0 Å². The fraction of sp³-hybridized carbons (Fsp3) is 0.750. The fourth-order valence-electron chi connectivity index (χ4n) is 1.28. The number of nitrogens with zero attached hydrogens (tertiary/aromatic N) is 2. The maximum atomic E-state index is 5.45. The zero-order valence-corrected chi connectivity index (χ0v) is 9.96. The molecule has 1 aromatic rings. The second-order valence-electron chi connectivity index (χ2n) is 3.16. The van der Waals surface area contributed by atoms with Crippen molar-refractivity contribution in [2.24, 2.45) is 0 Å². The van der Waals surface area contributed by atoms with Gasteiger partial charge in [-0.2, -0.15) is 9.36 Å². The molecule has 2 rings (SSSR count). The lowest BCUT2D eigenvalue weighted by molar-refractivity contribution is -0.0446. The molecule has 1 aromatic heterocycles. The van der Waals surface area contributed by atoms with E-state index in [9.17, 15) is 0 Å². The Labute approximate surface area is 97.3 Å². The lowest BCUT2D eigenvalue weighted by atomic mass is 10.3. The van der Waals surface area contributed by atoms with E-state index in [0.717, 1.165) is 6.42 Å². The highest BCUT2D eigenvalue weighted by atomic mass is 32.1. The summed E-state index contributed by atoms with van der Waals surface area (Å²) in [5.41, 5.74) is 0. The molecule has 0 radical (unpaired) electrons. The normalized spacial score (nSPS) is 25.7. The molecule has 0 N–H and O–H groups in total. The molecule has 2 atom stereocenters. The summed E-state index contributed by atoms with van der Waals surface area (Å²) in [4.78, 5) is 3.97. The van der Waals surface area contributed by atoms with Crippen molar-refractivity contribution in [3.8, 4) is 5.19 Å². The predicted octanol–water partition coefficient (Wildman–Crippen LogP) is 1.36. The highest BCUT2D eigenvalue weighted by Crippen LogP contribution is 2.18. The minimum atomic E-state index is -0.0967. The molecule has 1 aliphatic rings. The standard InChI is InChI=1S/C8H12N2O3S2/c1-5-12-4-6(13-5)2-3-11-8-9-7(14)10-15-8/h5-6H,2-4H2,1H3,(H,10,14). The lowest BCUT2D eigenvalue weighted by Crippen LogP contribution is -2.14. The van der Waals surface area contributed by atoms with Crippen molar-refractivity contribution in [2.75, 3.05) is 13.2 Å². The molecule has 5 nitrogen and oxygen atoms in total. The van der Waals surface area contributed by atoms with Crippen LogP contribution < -0.4 is 4.74 Å². The molecule has 15 heavy (non-hydrogen) atoms. The summed E-state index contributed by atoms with van der Waals surface area (Å²) in [5.74, 6) is 0. The Morgan fingerprint density at radius 2 is 2.53 bits per heavy atom. The van der Waals surface area contributed by atoms with E-state index < -0.39 is 0 Å². The molecule has 0 amide bonds. The average Bonchev–Trinajstić information content (AvgIpc) is 2.76. The van der Waals surface area contributed by atoms with Gasteiger partial charge >= 0.3 is 0 Å². The third kappa shape index (κ3) is 3.30. The van der Waals surface area contributed by atoms with Crippen molar-refractivity contribution in [2.45, 2.75) is 30.9 Å². The first-order chi connectivity index (χ1) is 7.24. The van der Waals surface area contributed by atoms with Gasteiger partial charge in [0, 0.05) is 18.0 Å². The Morgan fingerprint density at radius 1 is 1.67 bits per heavy atom. The lowest BCUT2D eigenvalue weighted by Gasteiger charge is -2.07. The van der Waals surface area contributed by atoms with Gasteiger partial charge in [-0.05, 0) is 6.92 Å². The topological polar surface area (TPSA) is 53.5 Å². The molecule has 0 aliphatic carbocycles. The fourth-order valence-corrected chi connectivity index (χ4v) is 2.03. The molecule has 0 saturated carbocycles. The van der Waals surface area contributed by atoms with Gasteiger partial charge in [0.05, 0.1) is 19.3 Å². The molecule has 7 heteroatoms. The van der Waals surface area contributed by atoms with Gasteiger partial charge in [-0.3, -0.25) is 0 Å². The maximum Gasteiger partial charge on any atom is 0.293 e. The predicted molar refractivity (Wildman–Crippen MR) is 57.6 cm³/mol. The number of rotatable bonds is 4. The molecule has 1 saturated heterocycles. The summed E-state index contributed by atoms with van der Waals surface area (Å²) in [5, 5.41) is 0.996. The maximum absolute atomic E-state index is 5.45. The molecular weight excluding hydrogens is 236 g/mol. The Morgan fingerprint density at radius 3 is 3.13 bits per heavy atom. The van der Waals surface area contributed by atoms with Crippen LogP contribution >= 0.6 is 24.2 Å². The van der Waals surface area contributed by atoms with Crippen molar-refractivity contribution < 1.29 is 14.2 Å². The number of hydrogen-bond acceptors (Lipinski definition) is 7. The zero-order chi connectivity index (χ0) is 10.7. The minimum absolute atomic E-state index is 0.0967. The molecule has 84 valence electrons. The number of aromatic nitrogens is 2. The third-order valence-corrected chi connectivity index (χ3v) is 2.93. The molecule has 0 spiro atoms. The van der Waals surface area contributed by atoms with Gasteiger partial charge in [-0.1, -0.05) is 0 Å². The van der Waals surface area contributed by atoms with Crippen LogP contribution in [0.15, 0.2) is 5.16 Å². The summed E-state index contributed by atoms with van der Waals surface area (Å²) in [6.07, 6.45) is 0.829. The molecule has 2 heterocycles. The van der Waals surface area contributed by atoms with Crippen LogP contribution in [0.25, 0.3) is 0 Å². The van der Waals surface area contributed by atoms with E-state index in [-0.39, 0.29) is 12.4 Å². The quantitative estimate of drug-likeness (QED) is 0.815. The van der Waals surface area contributed by atoms with E-state index in [1.807, 2.05) is 6.92 Å². The third-order valence-electron chi connectivity index (χ3n) is 1.96. The Kier molecular flexibility index (Phi) is 3.79. The van der Waals surface area contributed by atoms with Crippen molar-refractivity contribution in [1.82, 2.24) is 9.36 Å². The highest BCUT2D eigenvalue weighted by molar-refractivity contribution is 7.80. The van der Waals surface area contributed by atoms with Gasteiger partial charge in [-0.25, -0.2) is 0 Å². The van der Waals surface area contributed by atoms with Crippen LogP contribution in [0.4, 0.5) is 0 Å². The average molecular weight is 248 g/mol. The van der Waals surface area contributed by atoms with Crippen LogP contribution in [0.1, 0.15) is 13.3 Å². The highest BCUT2D eigenvalue weighted by Gasteiger charge is 2.22. The molecule has 1 aliphatic heterocycles. The van der Waals surface area contributed by atoms with Gasteiger partial charge in [0.25, 0.3) is 5.19 Å². The zero-order valence-electron chi connectivity index (χ0n) is 8.25. The number of hydrogen-bond donors (Lipinski definition) is 1. The van der Waals surface area contributed by atoms with Crippen LogP contribution in [-0.2, 0) is 9.47 Å². The van der Waals surface area contributed by atoms with Gasteiger partial charge in [-0.15, -0.1) is 12.6 Å². The summed E-state index contributed by atoms with van der Waals surface area (Å²) in [7, 11) is 0. The van der Waals surface area contributed by atoms with Gasteiger partial charge in [0.1, 0.15) is 0 Å². The van der Waals surface area contributed by atoms with E-state index in [1.165, 1.54) is 11.5 Å². The molecular formula is C8H12N2O3S2. The largest absolute Gasteiger partial charge is 0.469 e. The first-order valence-corrected chi connectivity index (χ1v) is 5.88. The summed E-state index contributed by atoms with van der Waals surface area (Å²) in [6, 6.07) is 0. The van der Waals surface area contributed by atoms with Crippen molar-refractivity contribution in [1.29, 1.82) is 0 Å². The van der Waals surface area contributed by atoms with Gasteiger partial charge < -0.3 is 14.2 Å². The van der Waals surface area contributed by atoms with Gasteiger partial charge in [0.2, 0.25) is 5.16 Å². The van der Waals surface area contributed by atoms with Crippen LogP contribution in [0.5, 0.6) is 5.19 Å². The Bertz CT molecular complexity index is 321. The van der Waals surface area contributed by atoms with Crippen LogP contribution in [0.3, 0.4) is 0 Å². The number of thiol groups is 1. The van der Waals surface area contributed by atoms with Crippen molar-refractivity contribution >= 4 is 24.2 Å². The molecule has 1 fully saturated rings. The second-order valence-corrected chi connectivity index (χ2v) is 4.27. The van der Waals surface area contributed by atoms with Gasteiger partial charge in [0.15, 0.2) is 6.29 Å². The van der Waals surface area contributed by atoms with E-state index in [1.54, 1.807) is 0 Å². The molecule has 2 unspecified atom stereocenters. The second kappa shape index (κ2) is 5.11. The van der Waals surface area contributed by atoms with E-state index in [0.29, 0.717) is 23.6 Å². The van der Waals surface area contributed by atoms with Crippen LogP contribution in [0, 0.1) is 0 Å². The van der Waals surface area contributed by atoms with E-state index in [4.69, 9.17) is 14.2 Å². The first-order valence-electron chi connectivity index (χ1n) is 4.66. The summed E-state index contributed by atoms with van der Waals surface area (Å²) >= 11 is 5.19. The smallest absolute Gasteiger partial charge is 0.293 e. The number of ether oxygens (including phenoxy) is 3. The molecule has 0 aromatic carbocycles. The minimum Gasteiger partial charge on any atom is -0.469 e. The Hall–Kier alpha value is -0.370. The molecule has 0 bridgehead atoms.